The van der Waals surface area contributed by atoms with Crippen molar-refractivity contribution in [3.05, 3.63) is 27.2 Å². The van der Waals surface area contributed by atoms with Gasteiger partial charge in [-0.25, -0.2) is 0 Å². The Morgan fingerprint density at radius 1 is 1.08 bits per heavy atom. The van der Waals surface area contributed by atoms with E-state index in [0.717, 1.165) is 0 Å². The van der Waals surface area contributed by atoms with E-state index in [2.05, 4.69) is 3.79 Å². The molecule has 0 fully saturated rings. The van der Waals surface area contributed by atoms with E-state index in [1.165, 1.54) is 0 Å². The maximum atomic E-state index is 5.81. The van der Waals surface area contributed by atoms with Gasteiger partial charge in [0.25, 0.3) is 0 Å². The number of halogens is 4. The minimum absolute atomic E-state index is 0.434. The molecule has 0 atom stereocenters. The molecule has 0 bridgehead atoms. The van der Waals surface area contributed by atoms with Crippen LogP contribution in [0.3, 0.4) is 0 Å². The van der Waals surface area contributed by atoms with E-state index in [1.807, 2.05) is 0 Å². The SMILES string of the molecule is [Cl][V]=[N]c1c(Cl)cc(Cl)cc1Cl. The molecule has 0 aromatic heterocycles. The number of rotatable bonds is 1. The second-order valence-electron chi connectivity index (χ2n) is 1.89. The second-order valence-corrected chi connectivity index (χ2v) is 4.32. The van der Waals surface area contributed by atoms with Gasteiger partial charge < -0.3 is 0 Å². The first kappa shape index (κ1) is 10.8. The summed E-state index contributed by atoms with van der Waals surface area (Å²) in [5.74, 6) is 0. The molecule has 0 aliphatic carbocycles. The van der Waals surface area contributed by atoms with Crippen molar-refractivity contribution in [2.24, 2.45) is 3.79 Å². The molecule has 64 valence electrons. The topological polar surface area (TPSA) is 12.4 Å². The molecule has 0 aliphatic rings. The minimum atomic E-state index is -0.603. The van der Waals surface area contributed by atoms with Gasteiger partial charge in [-0.1, -0.05) is 0 Å². The van der Waals surface area contributed by atoms with Crippen molar-refractivity contribution in [2.75, 3.05) is 0 Å². The first-order valence-electron chi connectivity index (χ1n) is 2.81. The van der Waals surface area contributed by atoms with E-state index in [1.54, 1.807) is 12.1 Å². The van der Waals surface area contributed by atoms with Gasteiger partial charge in [0.1, 0.15) is 0 Å². The average Bonchev–Trinajstić information content (AvgIpc) is 1.96. The van der Waals surface area contributed by atoms with Crippen LogP contribution in [0.15, 0.2) is 15.9 Å². The molecule has 0 spiro atoms. The van der Waals surface area contributed by atoms with Crippen LogP contribution in [0.2, 0.25) is 15.1 Å². The third-order valence-corrected chi connectivity index (χ3v) is 2.66. The Labute approximate surface area is 95.9 Å². The average molecular weight is 281 g/mol. The van der Waals surface area contributed by atoms with Gasteiger partial charge in [0.05, 0.1) is 0 Å². The third kappa shape index (κ3) is 2.63. The molecule has 0 N–H and O–H groups in total. The summed E-state index contributed by atoms with van der Waals surface area (Å²) in [6, 6.07) is 3.17. The van der Waals surface area contributed by atoms with Crippen LogP contribution in [0.4, 0.5) is 5.69 Å². The summed E-state index contributed by atoms with van der Waals surface area (Å²) >= 11 is 16.7. The summed E-state index contributed by atoms with van der Waals surface area (Å²) < 4.78 is 3.98. The number of benzene rings is 1. The third-order valence-electron chi connectivity index (χ3n) is 1.12. The summed E-state index contributed by atoms with van der Waals surface area (Å²) in [7, 11) is 5.50. The molecule has 0 saturated carbocycles. The predicted octanol–water partition coefficient (Wildman–Crippen LogP) is 4.70. The molecule has 0 unspecified atom stereocenters. The molecule has 0 radical (unpaired) electrons. The summed E-state index contributed by atoms with van der Waals surface area (Å²) in [4.78, 5) is 0. The van der Waals surface area contributed by atoms with Crippen LogP contribution in [0.25, 0.3) is 0 Å². The van der Waals surface area contributed by atoms with Gasteiger partial charge in [-0.05, 0) is 0 Å². The van der Waals surface area contributed by atoms with E-state index in [0.29, 0.717) is 20.8 Å². The maximum absolute atomic E-state index is 5.81. The molecule has 1 rings (SSSR count). The van der Waals surface area contributed by atoms with Crippen LogP contribution in [0.5, 0.6) is 0 Å². The molecule has 0 amide bonds. The Kier molecular flexibility index (Phi) is 4.38. The number of hydrogen-bond donors (Lipinski definition) is 0. The fourth-order valence-corrected chi connectivity index (χ4v) is 2.52. The van der Waals surface area contributed by atoms with Gasteiger partial charge in [0.15, 0.2) is 0 Å². The molecule has 1 aromatic carbocycles. The normalized spacial score (nSPS) is 11.0. The van der Waals surface area contributed by atoms with Crippen LogP contribution in [-0.4, -0.2) is 0 Å². The van der Waals surface area contributed by atoms with Crippen molar-refractivity contribution in [3.8, 4) is 0 Å². The van der Waals surface area contributed by atoms with Gasteiger partial charge in [-0.15, -0.1) is 0 Å². The van der Waals surface area contributed by atoms with Crippen molar-refractivity contribution in [1.29, 1.82) is 0 Å². The molecule has 0 saturated heterocycles. The van der Waals surface area contributed by atoms with Gasteiger partial charge in [-0.2, -0.15) is 0 Å². The van der Waals surface area contributed by atoms with Crippen LogP contribution in [0.1, 0.15) is 0 Å². The van der Waals surface area contributed by atoms with Crippen molar-refractivity contribution in [3.63, 3.8) is 0 Å². The predicted molar refractivity (Wildman–Crippen MR) is 49.4 cm³/mol. The molecular weight excluding hydrogens is 279 g/mol. The van der Waals surface area contributed by atoms with Crippen LogP contribution in [-0.2, 0) is 15.1 Å². The van der Waals surface area contributed by atoms with Crippen molar-refractivity contribution >= 4 is 50.3 Å². The Hall–Kier alpha value is 0.764. The molecular formula is C6H2Cl4NV. The zero-order valence-electron chi connectivity index (χ0n) is 5.56. The van der Waals surface area contributed by atoms with Gasteiger partial charge >= 0.3 is 96.5 Å². The summed E-state index contributed by atoms with van der Waals surface area (Å²) in [6.07, 6.45) is 0. The monoisotopic (exact) mass is 279 g/mol. The summed E-state index contributed by atoms with van der Waals surface area (Å²) in [5, 5.41) is 1.36. The van der Waals surface area contributed by atoms with Gasteiger partial charge in [0.2, 0.25) is 0 Å². The van der Waals surface area contributed by atoms with Crippen LogP contribution in [0, 0.1) is 0 Å². The molecule has 6 heteroatoms. The Morgan fingerprint density at radius 2 is 1.58 bits per heavy atom. The zero-order chi connectivity index (χ0) is 9.14. The van der Waals surface area contributed by atoms with E-state index in [9.17, 15) is 0 Å². The van der Waals surface area contributed by atoms with E-state index >= 15 is 0 Å². The fraction of sp³-hybridized carbons (Fsp3) is 0. The summed E-state index contributed by atoms with van der Waals surface area (Å²) in [6.45, 7) is 0. The molecule has 0 aliphatic heterocycles. The first-order valence-corrected chi connectivity index (χ1v) is 6.49. The van der Waals surface area contributed by atoms with E-state index < -0.39 is 15.1 Å². The molecule has 1 aromatic rings. The molecule has 0 heterocycles. The number of nitrogens with zero attached hydrogens (tertiary/aromatic N) is 1. The number of hydrogen-bond acceptors (Lipinski definition) is 1. The van der Waals surface area contributed by atoms with Crippen molar-refractivity contribution in [2.45, 2.75) is 0 Å². The van der Waals surface area contributed by atoms with Gasteiger partial charge in [-0.3, -0.25) is 0 Å². The Balaban J connectivity index is 3.28. The summed E-state index contributed by atoms with van der Waals surface area (Å²) in [5.41, 5.74) is 0.526. The van der Waals surface area contributed by atoms with Crippen LogP contribution >= 0.6 is 44.7 Å². The molecule has 12 heavy (non-hydrogen) atoms. The Bertz CT molecular complexity index is 302. The fourth-order valence-electron chi connectivity index (χ4n) is 0.668. The van der Waals surface area contributed by atoms with Crippen molar-refractivity contribution in [1.82, 2.24) is 0 Å². The van der Waals surface area contributed by atoms with Crippen molar-refractivity contribution < 1.29 is 15.1 Å². The van der Waals surface area contributed by atoms with E-state index in [-0.39, 0.29) is 0 Å². The standard InChI is InChI=1S/C6H2Cl3N.ClH.V/c7-3-1-4(8)6(10)5(9)2-3;;/h1-2H;1H;/q;;+1/p-1. The Morgan fingerprint density at radius 3 is 2.00 bits per heavy atom. The van der Waals surface area contributed by atoms with Crippen LogP contribution < -0.4 is 0 Å². The van der Waals surface area contributed by atoms with E-state index in [4.69, 9.17) is 44.7 Å². The first-order chi connectivity index (χ1) is 5.65. The quantitative estimate of drug-likeness (QED) is 0.707. The second kappa shape index (κ2) is 4.85. The zero-order valence-corrected chi connectivity index (χ0v) is 9.98. The van der Waals surface area contributed by atoms with Gasteiger partial charge in [0, 0.05) is 0 Å². The molecule has 1 nitrogen and oxygen atoms in total.